The van der Waals surface area contributed by atoms with Crippen molar-refractivity contribution in [1.29, 1.82) is 0 Å². The summed E-state index contributed by atoms with van der Waals surface area (Å²) in [5.41, 5.74) is 0.467. The Morgan fingerprint density at radius 3 is 2.44 bits per heavy atom. The van der Waals surface area contributed by atoms with Crippen molar-refractivity contribution in [1.82, 2.24) is 0 Å². The lowest BCUT2D eigenvalue weighted by molar-refractivity contribution is 0.166. The van der Waals surface area contributed by atoms with Crippen molar-refractivity contribution >= 4 is 0 Å². The molecule has 1 unspecified atom stereocenters. The zero-order valence-corrected chi connectivity index (χ0v) is 9.13. The maximum Gasteiger partial charge on any atom is 0.126 e. The second-order valence-electron chi connectivity index (χ2n) is 3.60. The van der Waals surface area contributed by atoms with E-state index in [1.54, 1.807) is 6.92 Å². The number of halogens is 2. The first-order valence-corrected chi connectivity index (χ1v) is 5.14. The molecule has 1 aromatic carbocycles. The van der Waals surface area contributed by atoms with E-state index in [0.717, 1.165) is 6.07 Å². The summed E-state index contributed by atoms with van der Waals surface area (Å²) in [5.74, 6) is 4.32. The molecule has 1 nitrogen and oxygen atoms in total. The van der Waals surface area contributed by atoms with Crippen molar-refractivity contribution in [3.8, 4) is 11.8 Å². The fourth-order valence-electron chi connectivity index (χ4n) is 1.47. The van der Waals surface area contributed by atoms with Gasteiger partial charge in [-0.15, -0.1) is 11.8 Å². The summed E-state index contributed by atoms with van der Waals surface area (Å²) in [6.07, 6.45) is 0.746. The average molecular weight is 224 g/mol. The Hall–Kier alpha value is -1.40. The van der Waals surface area contributed by atoms with Gasteiger partial charge < -0.3 is 5.11 Å². The zero-order valence-electron chi connectivity index (χ0n) is 9.13. The SMILES string of the molecule is CC#CCCC(O)Cc1cc(F)cc(F)c1. The van der Waals surface area contributed by atoms with Crippen LogP contribution in [0.4, 0.5) is 8.78 Å². The van der Waals surface area contributed by atoms with Crippen LogP contribution < -0.4 is 0 Å². The third kappa shape index (κ3) is 4.41. The highest BCUT2D eigenvalue weighted by atomic mass is 19.1. The fourth-order valence-corrected chi connectivity index (χ4v) is 1.47. The molecule has 3 heteroatoms. The lowest BCUT2D eigenvalue weighted by atomic mass is 10.0. The van der Waals surface area contributed by atoms with E-state index in [-0.39, 0.29) is 6.42 Å². The minimum atomic E-state index is -0.615. The maximum atomic E-state index is 12.8. The first kappa shape index (κ1) is 12.7. The summed E-state index contributed by atoms with van der Waals surface area (Å²) in [6.45, 7) is 1.73. The predicted octanol–water partition coefficient (Wildman–Crippen LogP) is 2.67. The van der Waals surface area contributed by atoms with Crippen LogP contribution in [0.3, 0.4) is 0 Å². The molecule has 1 atom stereocenters. The van der Waals surface area contributed by atoms with Crippen molar-refractivity contribution in [2.75, 3.05) is 0 Å². The van der Waals surface area contributed by atoms with E-state index in [9.17, 15) is 13.9 Å². The van der Waals surface area contributed by atoms with Crippen LogP contribution in [0.1, 0.15) is 25.3 Å². The van der Waals surface area contributed by atoms with Gasteiger partial charge in [0, 0.05) is 12.5 Å². The molecule has 0 amide bonds. The Morgan fingerprint density at radius 2 is 1.88 bits per heavy atom. The summed E-state index contributed by atoms with van der Waals surface area (Å²) >= 11 is 0. The van der Waals surface area contributed by atoms with Crippen LogP contribution >= 0.6 is 0 Å². The van der Waals surface area contributed by atoms with E-state index in [2.05, 4.69) is 11.8 Å². The van der Waals surface area contributed by atoms with Gasteiger partial charge in [0.25, 0.3) is 0 Å². The van der Waals surface area contributed by atoms with Gasteiger partial charge in [-0.25, -0.2) is 8.78 Å². The summed E-state index contributed by atoms with van der Waals surface area (Å²) in [4.78, 5) is 0. The second-order valence-corrected chi connectivity index (χ2v) is 3.60. The third-order valence-corrected chi connectivity index (χ3v) is 2.17. The van der Waals surface area contributed by atoms with Gasteiger partial charge in [-0.3, -0.25) is 0 Å². The van der Waals surface area contributed by atoms with Gasteiger partial charge in [0.2, 0.25) is 0 Å². The molecule has 0 spiro atoms. The number of benzene rings is 1. The van der Waals surface area contributed by atoms with E-state index in [4.69, 9.17) is 0 Å². The lowest BCUT2D eigenvalue weighted by Gasteiger charge is -2.08. The zero-order chi connectivity index (χ0) is 12.0. The molecule has 1 N–H and O–H groups in total. The molecule has 0 aliphatic carbocycles. The molecular weight excluding hydrogens is 210 g/mol. The van der Waals surface area contributed by atoms with E-state index < -0.39 is 17.7 Å². The molecule has 86 valence electrons. The minimum Gasteiger partial charge on any atom is -0.393 e. The van der Waals surface area contributed by atoms with Crippen LogP contribution in [0.25, 0.3) is 0 Å². The van der Waals surface area contributed by atoms with Gasteiger partial charge in [0.15, 0.2) is 0 Å². The molecule has 0 saturated heterocycles. The van der Waals surface area contributed by atoms with Gasteiger partial charge in [0.05, 0.1) is 6.10 Å². The predicted molar refractivity (Wildman–Crippen MR) is 58.8 cm³/mol. The Balaban J connectivity index is 2.54. The summed E-state index contributed by atoms with van der Waals surface area (Å²) in [7, 11) is 0. The number of rotatable bonds is 4. The lowest BCUT2D eigenvalue weighted by Crippen LogP contribution is -2.10. The number of hydrogen-bond acceptors (Lipinski definition) is 1. The standard InChI is InChI=1S/C13H14F2O/c1-2-3-4-5-13(16)8-10-6-11(14)9-12(15)7-10/h6-7,9,13,16H,4-5,8H2,1H3. The van der Waals surface area contributed by atoms with Crippen LogP contribution in [0.2, 0.25) is 0 Å². The van der Waals surface area contributed by atoms with Crippen molar-refractivity contribution in [2.45, 2.75) is 32.3 Å². The molecule has 0 aliphatic heterocycles. The molecule has 0 heterocycles. The van der Waals surface area contributed by atoms with Crippen LogP contribution in [0.15, 0.2) is 18.2 Å². The molecule has 0 fully saturated rings. The molecule has 0 saturated carbocycles. The van der Waals surface area contributed by atoms with Gasteiger partial charge in [-0.2, -0.15) is 0 Å². The molecule has 0 radical (unpaired) electrons. The highest BCUT2D eigenvalue weighted by molar-refractivity contribution is 5.18. The Kier molecular flexibility index (Phi) is 4.94. The molecule has 0 bridgehead atoms. The van der Waals surface area contributed by atoms with E-state index in [1.807, 2.05) is 0 Å². The van der Waals surface area contributed by atoms with Crippen LogP contribution in [0, 0.1) is 23.5 Å². The van der Waals surface area contributed by atoms with E-state index >= 15 is 0 Å². The van der Waals surface area contributed by atoms with Gasteiger partial charge >= 0.3 is 0 Å². The van der Waals surface area contributed by atoms with E-state index in [1.165, 1.54) is 12.1 Å². The highest BCUT2D eigenvalue weighted by Crippen LogP contribution is 2.11. The molecule has 1 rings (SSSR count). The first-order valence-electron chi connectivity index (χ1n) is 5.14. The van der Waals surface area contributed by atoms with Gasteiger partial charge in [-0.1, -0.05) is 0 Å². The maximum absolute atomic E-state index is 12.8. The smallest absolute Gasteiger partial charge is 0.126 e. The van der Waals surface area contributed by atoms with Crippen molar-refractivity contribution < 1.29 is 13.9 Å². The average Bonchev–Trinajstić information content (AvgIpc) is 2.16. The highest BCUT2D eigenvalue weighted by Gasteiger charge is 2.07. The van der Waals surface area contributed by atoms with E-state index in [0.29, 0.717) is 18.4 Å². The Bertz CT molecular complexity index is 384. The van der Waals surface area contributed by atoms with Crippen LogP contribution in [-0.4, -0.2) is 11.2 Å². The topological polar surface area (TPSA) is 20.2 Å². The van der Waals surface area contributed by atoms with Gasteiger partial charge in [0.1, 0.15) is 11.6 Å². The van der Waals surface area contributed by atoms with Crippen LogP contribution in [0.5, 0.6) is 0 Å². The number of aliphatic hydroxyl groups is 1. The molecule has 0 aromatic heterocycles. The first-order chi connectivity index (χ1) is 7.61. The fraction of sp³-hybridized carbons (Fsp3) is 0.385. The molecule has 1 aromatic rings. The normalized spacial score (nSPS) is 11.8. The summed E-state index contributed by atoms with van der Waals surface area (Å²) in [6, 6.07) is 3.29. The van der Waals surface area contributed by atoms with Crippen molar-refractivity contribution in [3.05, 3.63) is 35.4 Å². The van der Waals surface area contributed by atoms with Crippen LogP contribution in [-0.2, 0) is 6.42 Å². The Morgan fingerprint density at radius 1 is 1.25 bits per heavy atom. The number of hydrogen-bond donors (Lipinski definition) is 1. The van der Waals surface area contributed by atoms with Crippen molar-refractivity contribution in [3.63, 3.8) is 0 Å². The minimum absolute atomic E-state index is 0.250. The molecule has 16 heavy (non-hydrogen) atoms. The summed E-state index contributed by atoms with van der Waals surface area (Å²) < 4.78 is 25.7. The second kappa shape index (κ2) is 6.24. The number of aliphatic hydroxyl groups excluding tert-OH is 1. The largest absolute Gasteiger partial charge is 0.393 e. The molecule has 0 aliphatic rings. The quantitative estimate of drug-likeness (QED) is 0.779. The Labute approximate surface area is 94.1 Å². The van der Waals surface area contributed by atoms with Gasteiger partial charge in [-0.05, 0) is 37.5 Å². The monoisotopic (exact) mass is 224 g/mol. The summed E-state index contributed by atoms with van der Waals surface area (Å²) in [5, 5.41) is 9.60. The third-order valence-electron chi connectivity index (χ3n) is 2.17. The van der Waals surface area contributed by atoms with Crippen molar-refractivity contribution in [2.24, 2.45) is 0 Å². The molecular formula is C13H14F2O.